The Bertz CT molecular complexity index is 146. The zero-order valence-electron chi connectivity index (χ0n) is 10.3. The van der Waals surface area contributed by atoms with Crippen LogP contribution in [0.2, 0.25) is 0 Å². The SMILES string of the molecule is CCC(=O)C(CC(C)C)N(C)C.CI. The van der Waals surface area contributed by atoms with Crippen molar-refractivity contribution in [1.82, 2.24) is 4.90 Å². The van der Waals surface area contributed by atoms with E-state index in [0.717, 1.165) is 6.42 Å². The van der Waals surface area contributed by atoms with E-state index in [9.17, 15) is 4.79 Å². The van der Waals surface area contributed by atoms with Crippen molar-refractivity contribution in [3.63, 3.8) is 0 Å². The van der Waals surface area contributed by atoms with Gasteiger partial charge in [0.15, 0.2) is 0 Å². The van der Waals surface area contributed by atoms with Gasteiger partial charge in [-0.15, -0.1) is 0 Å². The average molecular weight is 313 g/mol. The highest BCUT2D eigenvalue weighted by molar-refractivity contribution is 14.1. The maximum atomic E-state index is 11.4. The van der Waals surface area contributed by atoms with E-state index < -0.39 is 0 Å². The van der Waals surface area contributed by atoms with E-state index in [-0.39, 0.29) is 6.04 Å². The topological polar surface area (TPSA) is 20.3 Å². The fourth-order valence-electron chi connectivity index (χ4n) is 1.31. The molecule has 0 heterocycles. The molecule has 0 saturated heterocycles. The first-order valence-electron chi connectivity index (χ1n) is 5.06. The summed E-state index contributed by atoms with van der Waals surface area (Å²) in [4.78, 5) is 15.4. The molecular weight excluding hydrogens is 289 g/mol. The van der Waals surface area contributed by atoms with Crippen molar-refractivity contribution in [2.24, 2.45) is 5.92 Å². The van der Waals surface area contributed by atoms with Crippen LogP contribution in [0.3, 0.4) is 0 Å². The number of likely N-dealkylation sites (N-methyl/N-ethyl adjacent to an activating group) is 1. The van der Waals surface area contributed by atoms with Crippen molar-refractivity contribution in [1.29, 1.82) is 0 Å². The van der Waals surface area contributed by atoms with Gasteiger partial charge >= 0.3 is 0 Å². The first kappa shape index (κ1) is 16.8. The summed E-state index contributed by atoms with van der Waals surface area (Å²) in [6.45, 7) is 6.23. The second kappa shape index (κ2) is 9.90. The monoisotopic (exact) mass is 313 g/mol. The molecule has 86 valence electrons. The number of alkyl halides is 1. The van der Waals surface area contributed by atoms with Gasteiger partial charge in [0.2, 0.25) is 0 Å². The Labute approximate surface area is 103 Å². The van der Waals surface area contributed by atoms with Crippen LogP contribution in [0.4, 0.5) is 0 Å². The van der Waals surface area contributed by atoms with Crippen LogP contribution in [0.1, 0.15) is 33.6 Å². The van der Waals surface area contributed by atoms with Crippen LogP contribution in [0, 0.1) is 5.92 Å². The highest BCUT2D eigenvalue weighted by Gasteiger charge is 2.19. The predicted octanol–water partition coefficient (Wildman–Crippen LogP) is 2.99. The van der Waals surface area contributed by atoms with Crippen LogP contribution in [-0.2, 0) is 4.79 Å². The molecule has 1 atom stereocenters. The van der Waals surface area contributed by atoms with Gasteiger partial charge in [-0.05, 0) is 31.4 Å². The maximum absolute atomic E-state index is 11.4. The third-order valence-electron chi connectivity index (χ3n) is 2.04. The van der Waals surface area contributed by atoms with Gasteiger partial charge in [-0.1, -0.05) is 43.4 Å². The lowest BCUT2D eigenvalue weighted by Gasteiger charge is -2.24. The Morgan fingerprint density at radius 2 is 1.71 bits per heavy atom. The Hall–Kier alpha value is 0.360. The molecule has 0 aromatic rings. The van der Waals surface area contributed by atoms with Gasteiger partial charge in [0.05, 0.1) is 6.04 Å². The van der Waals surface area contributed by atoms with E-state index in [1.165, 1.54) is 0 Å². The third-order valence-corrected chi connectivity index (χ3v) is 2.04. The number of hydrogen-bond donors (Lipinski definition) is 0. The van der Waals surface area contributed by atoms with Gasteiger partial charge in [-0.25, -0.2) is 0 Å². The van der Waals surface area contributed by atoms with E-state index in [4.69, 9.17) is 0 Å². The molecule has 0 saturated carbocycles. The van der Waals surface area contributed by atoms with Crippen LogP contribution in [0.25, 0.3) is 0 Å². The number of hydrogen-bond acceptors (Lipinski definition) is 2. The van der Waals surface area contributed by atoms with E-state index in [0.29, 0.717) is 18.1 Å². The summed E-state index contributed by atoms with van der Waals surface area (Å²) < 4.78 is 0. The summed E-state index contributed by atoms with van der Waals surface area (Å²) >= 11 is 2.15. The number of ketones is 1. The summed E-state index contributed by atoms with van der Waals surface area (Å²) in [7, 11) is 3.95. The molecule has 1 unspecified atom stereocenters. The number of carbonyl (C=O) groups is 1. The zero-order chi connectivity index (χ0) is 11.7. The minimum absolute atomic E-state index is 0.120. The molecular formula is C11H24INO. The van der Waals surface area contributed by atoms with Gasteiger partial charge < -0.3 is 0 Å². The van der Waals surface area contributed by atoms with Crippen LogP contribution in [0.15, 0.2) is 0 Å². The second-order valence-electron chi connectivity index (χ2n) is 3.93. The lowest BCUT2D eigenvalue weighted by atomic mass is 9.98. The van der Waals surface area contributed by atoms with E-state index in [1.807, 2.05) is 30.8 Å². The van der Waals surface area contributed by atoms with E-state index >= 15 is 0 Å². The molecule has 0 fully saturated rings. The lowest BCUT2D eigenvalue weighted by Crippen LogP contribution is -2.36. The molecule has 0 aliphatic heterocycles. The molecule has 0 radical (unpaired) electrons. The molecule has 0 amide bonds. The van der Waals surface area contributed by atoms with Gasteiger partial charge in [0.1, 0.15) is 5.78 Å². The number of nitrogens with zero attached hydrogens (tertiary/aromatic N) is 1. The second-order valence-corrected chi connectivity index (χ2v) is 3.93. The summed E-state index contributed by atoms with van der Waals surface area (Å²) in [5.74, 6) is 0.946. The van der Waals surface area contributed by atoms with Crippen molar-refractivity contribution < 1.29 is 4.79 Å². The number of halogens is 1. The summed E-state index contributed by atoms with van der Waals surface area (Å²) in [5.41, 5.74) is 0. The molecule has 2 nitrogen and oxygen atoms in total. The molecule has 0 aliphatic rings. The summed E-state index contributed by atoms with van der Waals surface area (Å²) in [6.07, 6.45) is 1.62. The summed E-state index contributed by atoms with van der Waals surface area (Å²) in [6, 6.07) is 0.120. The third kappa shape index (κ3) is 7.74. The molecule has 0 N–H and O–H groups in total. The average Bonchev–Trinajstić information content (AvgIpc) is 2.15. The smallest absolute Gasteiger partial charge is 0.149 e. The van der Waals surface area contributed by atoms with Crippen LogP contribution >= 0.6 is 22.6 Å². The Morgan fingerprint density at radius 3 is 1.93 bits per heavy atom. The molecule has 0 bridgehead atoms. The van der Waals surface area contributed by atoms with E-state index in [1.54, 1.807) is 0 Å². The van der Waals surface area contributed by atoms with Crippen LogP contribution < -0.4 is 0 Å². The van der Waals surface area contributed by atoms with Crippen molar-refractivity contribution in [2.45, 2.75) is 39.7 Å². The first-order chi connectivity index (χ1) is 6.49. The number of rotatable bonds is 5. The standard InChI is InChI=1S/C10H21NO.CH3I/c1-6-10(12)9(11(4)5)7-8(2)3;1-2/h8-9H,6-7H2,1-5H3;1H3. The Morgan fingerprint density at radius 1 is 1.29 bits per heavy atom. The normalized spacial score (nSPS) is 12.4. The maximum Gasteiger partial charge on any atom is 0.149 e. The van der Waals surface area contributed by atoms with Gasteiger partial charge in [-0.3, -0.25) is 9.69 Å². The minimum atomic E-state index is 0.120. The number of carbonyl (C=O) groups excluding carboxylic acids is 1. The van der Waals surface area contributed by atoms with Crippen molar-refractivity contribution in [3.05, 3.63) is 0 Å². The minimum Gasteiger partial charge on any atom is -0.300 e. The van der Waals surface area contributed by atoms with Gasteiger partial charge in [0.25, 0.3) is 0 Å². The Kier molecular flexibility index (Phi) is 11.9. The molecule has 0 rings (SSSR count). The van der Waals surface area contributed by atoms with Crippen LogP contribution in [-0.4, -0.2) is 35.8 Å². The van der Waals surface area contributed by atoms with E-state index in [2.05, 4.69) is 36.4 Å². The van der Waals surface area contributed by atoms with Gasteiger partial charge in [0, 0.05) is 6.42 Å². The highest BCUT2D eigenvalue weighted by atomic mass is 127. The van der Waals surface area contributed by atoms with Crippen molar-refractivity contribution in [2.75, 3.05) is 19.0 Å². The molecule has 3 heteroatoms. The van der Waals surface area contributed by atoms with Crippen molar-refractivity contribution in [3.8, 4) is 0 Å². The first-order valence-corrected chi connectivity index (χ1v) is 7.21. The summed E-state index contributed by atoms with van der Waals surface area (Å²) in [5, 5.41) is 0. The molecule has 0 aromatic heterocycles. The lowest BCUT2D eigenvalue weighted by molar-refractivity contribution is -0.123. The van der Waals surface area contributed by atoms with Gasteiger partial charge in [-0.2, -0.15) is 0 Å². The predicted molar refractivity (Wildman–Crippen MR) is 72.2 cm³/mol. The fourth-order valence-corrected chi connectivity index (χ4v) is 1.31. The van der Waals surface area contributed by atoms with Crippen molar-refractivity contribution >= 4 is 28.4 Å². The zero-order valence-corrected chi connectivity index (χ0v) is 12.5. The molecule has 0 aliphatic carbocycles. The molecule has 0 spiro atoms. The highest BCUT2D eigenvalue weighted by Crippen LogP contribution is 2.11. The molecule has 14 heavy (non-hydrogen) atoms. The van der Waals surface area contributed by atoms with Crippen LogP contribution in [0.5, 0.6) is 0 Å². The number of Topliss-reactive ketones (excluding diaryl/α,β-unsaturated/α-hetero) is 1. The quantitative estimate of drug-likeness (QED) is 0.574. The Balaban J connectivity index is 0. The fraction of sp³-hybridized carbons (Fsp3) is 0.909. The largest absolute Gasteiger partial charge is 0.300 e. The molecule has 0 aromatic carbocycles.